The van der Waals surface area contributed by atoms with Crippen molar-refractivity contribution < 1.29 is 18.0 Å². The van der Waals surface area contributed by atoms with Crippen LogP contribution in [0.2, 0.25) is 0 Å². The molecule has 2 amide bonds. The lowest BCUT2D eigenvalue weighted by Gasteiger charge is -2.25. The normalized spacial score (nSPS) is 22.2. The fourth-order valence-electron chi connectivity index (χ4n) is 4.23. The molecule has 0 bridgehead atoms. The largest absolute Gasteiger partial charge is 0.418 e. The number of carbonyl (C=O) groups excluding carboxylic acids is 1. The first-order valence-corrected chi connectivity index (χ1v) is 9.83. The molecular formula is C20H23F3N6O. The summed E-state index contributed by atoms with van der Waals surface area (Å²) in [6.45, 7) is 4.24. The van der Waals surface area contributed by atoms with Crippen molar-refractivity contribution in [3.63, 3.8) is 0 Å². The third kappa shape index (κ3) is 3.50. The first kappa shape index (κ1) is 20.2. The molecule has 0 radical (unpaired) electrons. The van der Waals surface area contributed by atoms with Crippen LogP contribution in [0.4, 0.5) is 18.0 Å². The molecule has 160 valence electrons. The molecule has 1 saturated heterocycles. The van der Waals surface area contributed by atoms with Gasteiger partial charge in [-0.15, -0.1) is 0 Å². The number of fused-ring (bicyclic) bond motifs is 1. The standard InChI is InChI=1S/C20H23F3N6O/c1-2-25-18(30)29-6-4-19(11-29)3-5-26-16(19)8-15(24)12-7-13-14(20(21,22)23)10-28-17(13)27-9-12/h7-10H,2-6,11,24H2,1H3,(H,25,30)(H,27,28). The molecule has 30 heavy (non-hydrogen) atoms. The topological polar surface area (TPSA) is 99.4 Å². The Bertz CT molecular complexity index is 1040. The van der Waals surface area contributed by atoms with Crippen LogP contribution in [0.15, 0.2) is 29.5 Å². The van der Waals surface area contributed by atoms with E-state index >= 15 is 0 Å². The van der Waals surface area contributed by atoms with Crippen LogP contribution in [-0.2, 0) is 6.18 Å². The Hall–Kier alpha value is -3.04. The summed E-state index contributed by atoms with van der Waals surface area (Å²) in [4.78, 5) is 25.2. The van der Waals surface area contributed by atoms with Crippen molar-refractivity contribution in [2.45, 2.75) is 25.9 Å². The minimum absolute atomic E-state index is 0.0253. The number of pyridine rings is 1. The lowest BCUT2D eigenvalue weighted by Crippen LogP contribution is -2.40. The van der Waals surface area contributed by atoms with E-state index in [4.69, 9.17) is 5.73 Å². The van der Waals surface area contributed by atoms with E-state index in [1.807, 2.05) is 6.92 Å². The summed E-state index contributed by atoms with van der Waals surface area (Å²) in [6.07, 6.45) is 1.18. The van der Waals surface area contributed by atoms with E-state index in [0.29, 0.717) is 37.4 Å². The van der Waals surface area contributed by atoms with Crippen LogP contribution in [0.25, 0.3) is 16.7 Å². The van der Waals surface area contributed by atoms with Gasteiger partial charge in [-0.05, 0) is 31.9 Å². The van der Waals surface area contributed by atoms with Crippen LogP contribution in [-0.4, -0.2) is 52.8 Å². The number of likely N-dealkylation sites (tertiary alicyclic amines) is 1. The van der Waals surface area contributed by atoms with Crippen molar-refractivity contribution in [1.29, 1.82) is 0 Å². The summed E-state index contributed by atoms with van der Waals surface area (Å²) in [5.74, 6) is 0. The van der Waals surface area contributed by atoms with Gasteiger partial charge in [-0.1, -0.05) is 0 Å². The van der Waals surface area contributed by atoms with Gasteiger partial charge in [0, 0.05) is 66.3 Å². The number of halogens is 3. The van der Waals surface area contributed by atoms with Gasteiger partial charge in [-0.2, -0.15) is 13.2 Å². The van der Waals surface area contributed by atoms with Crippen molar-refractivity contribution >= 4 is 28.5 Å². The number of aromatic amines is 1. The summed E-state index contributed by atoms with van der Waals surface area (Å²) in [5, 5.41) is 2.79. The molecule has 0 aromatic carbocycles. The van der Waals surface area contributed by atoms with Crippen LogP contribution in [0.3, 0.4) is 0 Å². The highest BCUT2D eigenvalue weighted by atomic mass is 19.4. The second kappa shape index (κ2) is 7.33. The van der Waals surface area contributed by atoms with Gasteiger partial charge < -0.3 is 20.9 Å². The van der Waals surface area contributed by atoms with Crippen molar-refractivity contribution in [2.24, 2.45) is 16.1 Å². The average molecular weight is 420 g/mol. The van der Waals surface area contributed by atoms with Gasteiger partial charge in [0.1, 0.15) is 5.65 Å². The van der Waals surface area contributed by atoms with Gasteiger partial charge in [0.05, 0.1) is 5.56 Å². The Balaban J connectivity index is 1.61. The zero-order chi connectivity index (χ0) is 21.5. The van der Waals surface area contributed by atoms with Gasteiger partial charge in [-0.3, -0.25) is 4.99 Å². The Morgan fingerprint density at radius 1 is 1.43 bits per heavy atom. The third-order valence-corrected chi connectivity index (χ3v) is 5.85. The molecule has 1 atom stereocenters. The number of hydrogen-bond donors (Lipinski definition) is 3. The van der Waals surface area contributed by atoms with E-state index < -0.39 is 11.7 Å². The lowest BCUT2D eigenvalue weighted by molar-refractivity contribution is -0.136. The SMILES string of the molecule is CCNC(=O)N1CCC2(CCN=C2C=C(N)c2cnc3[nH]cc(C(F)(F)F)c3c2)C1. The Labute approximate surface area is 171 Å². The van der Waals surface area contributed by atoms with Gasteiger partial charge >= 0.3 is 12.2 Å². The molecule has 4 N–H and O–H groups in total. The average Bonchev–Trinajstić information content (AvgIpc) is 3.41. The maximum atomic E-state index is 13.2. The molecule has 0 aliphatic carbocycles. The predicted octanol–water partition coefficient (Wildman–Crippen LogP) is 3.15. The summed E-state index contributed by atoms with van der Waals surface area (Å²) >= 11 is 0. The molecule has 2 aromatic rings. The van der Waals surface area contributed by atoms with Crippen molar-refractivity contribution in [3.8, 4) is 0 Å². The van der Waals surface area contributed by atoms with Crippen molar-refractivity contribution in [3.05, 3.63) is 35.7 Å². The number of amides is 2. The molecule has 1 spiro atoms. The predicted molar refractivity (Wildman–Crippen MR) is 108 cm³/mol. The van der Waals surface area contributed by atoms with Crippen LogP contribution >= 0.6 is 0 Å². The molecule has 1 unspecified atom stereocenters. The highest BCUT2D eigenvalue weighted by Crippen LogP contribution is 2.40. The van der Waals surface area contributed by atoms with E-state index in [2.05, 4.69) is 20.3 Å². The summed E-state index contributed by atoms with van der Waals surface area (Å²) in [5.41, 5.74) is 6.85. The molecule has 4 heterocycles. The fourth-order valence-corrected chi connectivity index (χ4v) is 4.23. The van der Waals surface area contributed by atoms with E-state index in [9.17, 15) is 18.0 Å². The number of aromatic nitrogens is 2. The monoisotopic (exact) mass is 420 g/mol. The lowest BCUT2D eigenvalue weighted by atomic mass is 9.80. The number of aliphatic imine (C=N–C) groups is 1. The highest BCUT2D eigenvalue weighted by molar-refractivity contribution is 6.06. The number of nitrogens with one attached hydrogen (secondary N) is 2. The van der Waals surface area contributed by atoms with Gasteiger partial charge in [0.15, 0.2) is 0 Å². The van der Waals surface area contributed by atoms with E-state index in [0.717, 1.165) is 24.8 Å². The maximum Gasteiger partial charge on any atom is 0.418 e. The molecular weight excluding hydrogens is 397 g/mol. The highest BCUT2D eigenvalue weighted by Gasteiger charge is 2.45. The summed E-state index contributed by atoms with van der Waals surface area (Å²) in [6, 6.07) is 1.30. The maximum absolute atomic E-state index is 13.2. The molecule has 7 nitrogen and oxygen atoms in total. The molecule has 2 aliphatic rings. The summed E-state index contributed by atoms with van der Waals surface area (Å²) in [7, 11) is 0. The van der Waals surface area contributed by atoms with Crippen LogP contribution in [0.1, 0.15) is 30.9 Å². The molecule has 0 saturated carbocycles. The first-order valence-electron chi connectivity index (χ1n) is 9.83. The number of allylic oxidation sites excluding steroid dienone is 1. The molecule has 2 aliphatic heterocycles. The number of H-pyrrole nitrogens is 1. The van der Waals surface area contributed by atoms with Gasteiger partial charge in [0.25, 0.3) is 0 Å². The Kier molecular flexibility index (Phi) is 4.95. The second-order valence-electron chi connectivity index (χ2n) is 7.72. The van der Waals surface area contributed by atoms with E-state index in [1.165, 1.54) is 12.3 Å². The minimum atomic E-state index is -4.48. The zero-order valence-electron chi connectivity index (χ0n) is 16.5. The van der Waals surface area contributed by atoms with Gasteiger partial charge in [-0.25, -0.2) is 9.78 Å². The van der Waals surface area contributed by atoms with Crippen LogP contribution < -0.4 is 11.1 Å². The number of alkyl halides is 3. The molecule has 10 heteroatoms. The van der Waals surface area contributed by atoms with Crippen LogP contribution in [0, 0.1) is 5.41 Å². The molecule has 1 fully saturated rings. The summed E-state index contributed by atoms with van der Waals surface area (Å²) < 4.78 is 39.7. The van der Waals surface area contributed by atoms with E-state index in [1.54, 1.807) is 11.0 Å². The molecule has 4 rings (SSSR count). The quantitative estimate of drug-likeness (QED) is 0.711. The van der Waals surface area contributed by atoms with Crippen LogP contribution in [0.5, 0.6) is 0 Å². The number of nitrogens with zero attached hydrogens (tertiary/aromatic N) is 3. The second-order valence-corrected chi connectivity index (χ2v) is 7.72. The minimum Gasteiger partial charge on any atom is -0.398 e. The zero-order valence-corrected chi connectivity index (χ0v) is 16.5. The third-order valence-electron chi connectivity index (χ3n) is 5.85. The number of nitrogens with two attached hydrogens (primary N) is 1. The van der Waals surface area contributed by atoms with Crippen molar-refractivity contribution in [2.75, 3.05) is 26.2 Å². The number of carbonyl (C=O) groups is 1. The van der Waals surface area contributed by atoms with Crippen molar-refractivity contribution in [1.82, 2.24) is 20.2 Å². The smallest absolute Gasteiger partial charge is 0.398 e. The fraction of sp³-hybridized carbons (Fsp3) is 0.450. The van der Waals surface area contributed by atoms with Gasteiger partial charge in [0.2, 0.25) is 0 Å². The molecule has 2 aromatic heterocycles. The Morgan fingerprint density at radius 2 is 2.23 bits per heavy atom. The Morgan fingerprint density at radius 3 is 2.97 bits per heavy atom. The van der Waals surface area contributed by atoms with E-state index in [-0.39, 0.29) is 22.5 Å². The number of rotatable bonds is 3. The number of urea groups is 1. The number of hydrogen-bond acceptors (Lipinski definition) is 4. The first-order chi connectivity index (χ1) is 14.2.